The highest BCUT2D eigenvalue weighted by Gasteiger charge is 2.13. The molecule has 6 nitrogen and oxygen atoms in total. The Morgan fingerprint density at radius 3 is 2.44 bits per heavy atom. The Hall–Kier alpha value is -3.61. The molecule has 0 aliphatic carbocycles. The normalized spacial score (nSPS) is 12.1. The smallest absolute Gasteiger partial charge is 0.235 e. The van der Waals surface area contributed by atoms with Gasteiger partial charge in [0.1, 0.15) is 36.1 Å². The first kappa shape index (κ1) is 23.5. The average molecular weight is 460 g/mol. The lowest BCUT2D eigenvalue weighted by Gasteiger charge is -2.21. The second kappa shape index (κ2) is 10.5. The van der Waals surface area contributed by atoms with Crippen molar-refractivity contribution in [2.24, 2.45) is 0 Å². The maximum absolute atomic E-state index is 12.9. The minimum atomic E-state index is -0.662. The molecule has 0 spiro atoms. The molecule has 0 saturated heterocycles. The lowest BCUT2D eigenvalue weighted by atomic mass is 10.1. The number of aliphatic hydroxyl groups excluding tert-OH is 1. The molecule has 4 rings (SSSR count). The third kappa shape index (κ3) is 6.04. The van der Waals surface area contributed by atoms with Crippen LogP contribution in [0.2, 0.25) is 0 Å². The van der Waals surface area contributed by atoms with Gasteiger partial charge < -0.3 is 19.0 Å². The molecule has 4 aromatic rings. The highest BCUT2D eigenvalue weighted by Crippen LogP contribution is 2.25. The molecule has 0 fully saturated rings. The highest BCUT2D eigenvalue weighted by molar-refractivity contribution is 5.79. The maximum Gasteiger partial charge on any atom is 0.235 e. The summed E-state index contributed by atoms with van der Waals surface area (Å²) in [5.74, 6) is 1.24. The van der Waals surface area contributed by atoms with Gasteiger partial charge in [0.05, 0.1) is 5.39 Å². The summed E-state index contributed by atoms with van der Waals surface area (Å²) in [6.07, 6.45) is 0.657. The Kier molecular flexibility index (Phi) is 7.30. The van der Waals surface area contributed by atoms with E-state index in [0.717, 1.165) is 17.7 Å². The third-order valence-corrected chi connectivity index (χ3v) is 5.40. The molecular weight excluding hydrogens is 430 g/mol. The van der Waals surface area contributed by atoms with Crippen LogP contribution in [0.25, 0.3) is 11.0 Å². The van der Waals surface area contributed by atoms with Crippen LogP contribution in [0.4, 0.5) is 0 Å². The van der Waals surface area contributed by atoms with E-state index in [1.165, 1.54) is 11.8 Å². The number of aliphatic hydroxyl groups is 1. The van der Waals surface area contributed by atoms with Gasteiger partial charge in [-0.15, -0.1) is 0 Å². The fraction of sp³-hybridized carbons (Fsp3) is 0.250. The van der Waals surface area contributed by atoms with Crippen molar-refractivity contribution < 1.29 is 19.0 Å². The Labute approximate surface area is 199 Å². The van der Waals surface area contributed by atoms with Gasteiger partial charge in [0.25, 0.3) is 0 Å². The predicted octanol–water partition coefficient (Wildman–Crippen LogP) is 5.07. The van der Waals surface area contributed by atoms with Crippen molar-refractivity contribution in [3.63, 3.8) is 0 Å². The second-order valence-electron chi connectivity index (χ2n) is 8.66. The standard InChI is InChI=1S/C28H29NO5/c1-19-11-20(2)13-24(12-19)34-27-18-33-26-14-23(9-10-25(26)28(27)31)32-17-22(30)16-29(3)15-21-7-5-4-6-8-21/h4-14,18,22,30H,15-17H2,1-3H3/t22-/m0/s1. The van der Waals surface area contributed by atoms with Crippen LogP contribution in [0.5, 0.6) is 17.2 Å². The van der Waals surface area contributed by atoms with Gasteiger partial charge in [-0.25, -0.2) is 0 Å². The van der Waals surface area contributed by atoms with E-state index in [2.05, 4.69) is 12.1 Å². The SMILES string of the molecule is Cc1cc(C)cc(Oc2coc3cc(OC[C@@H](O)CN(C)Cc4ccccc4)ccc3c2=O)c1. The molecule has 3 aromatic carbocycles. The Bertz CT molecular complexity index is 1300. The molecule has 1 heterocycles. The molecule has 1 N–H and O–H groups in total. The van der Waals surface area contributed by atoms with Crippen LogP contribution in [0, 0.1) is 13.8 Å². The molecular formula is C28H29NO5. The van der Waals surface area contributed by atoms with E-state index in [9.17, 15) is 9.90 Å². The van der Waals surface area contributed by atoms with Gasteiger partial charge in [-0.1, -0.05) is 36.4 Å². The van der Waals surface area contributed by atoms with Gasteiger partial charge in [0, 0.05) is 19.2 Å². The van der Waals surface area contributed by atoms with Crippen LogP contribution in [0.15, 0.2) is 82.2 Å². The number of hydrogen-bond donors (Lipinski definition) is 1. The summed E-state index contributed by atoms with van der Waals surface area (Å²) in [5, 5.41) is 10.8. The minimum absolute atomic E-state index is 0.128. The van der Waals surface area contributed by atoms with E-state index in [-0.39, 0.29) is 17.8 Å². The van der Waals surface area contributed by atoms with Crippen molar-refractivity contribution in [2.45, 2.75) is 26.5 Å². The van der Waals surface area contributed by atoms with Crippen LogP contribution in [0.3, 0.4) is 0 Å². The monoisotopic (exact) mass is 459 g/mol. The zero-order valence-corrected chi connectivity index (χ0v) is 19.7. The van der Waals surface area contributed by atoms with E-state index in [4.69, 9.17) is 13.9 Å². The number of aryl methyl sites for hydroxylation is 2. The number of rotatable bonds is 9. The summed E-state index contributed by atoms with van der Waals surface area (Å²) in [7, 11) is 1.96. The quantitative estimate of drug-likeness (QED) is 0.377. The van der Waals surface area contributed by atoms with Crippen LogP contribution >= 0.6 is 0 Å². The number of nitrogens with zero attached hydrogens (tertiary/aromatic N) is 1. The van der Waals surface area contributed by atoms with Gasteiger partial charge in [-0.05, 0) is 61.9 Å². The summed E-state index contributed by atoms with van der Waals surface area (Å²) < 4.78 is 17.2. The summed E-state index contributed by atoms with van der Waals surface area (Å²) in [4.78, 5) is 14.9. The molecule has 6 heteroatoms. The zero-order chi connectivity index (χ0) is 24.1. The third-order valence-electron chi connectivity index (χ3n) is 5.40. The first-order valence-electron chi connectivity index (χ1n) is 11.2. The molecule has 0 aliphatic heterocycles. The van der Waals surface area contributed by atoms with Crippen LogP contribution in [0.1, 0.15) is 16.7 Å². The predicted molar refractivity (Wildman–Crippen MR) is 133 cm³/mol. The lowest BCUT2D eigenvalue weighted by Crippen LogP contribution is -2.32. The summed E-state index contributed by atoms with van der Waals surface area (Å²) in [6, 6.07) is 20.9. The average Bonchev–Trinajstić information content (AvgIpc) is 2.79. The minimum Gasteiger partial charge on any atom is -0.491 e. The summed E-state index contributed by atoms with van der Waals surface area (Å²) >= 11 is 0. The van der Waals surface area contributed by atoms with Crippen LogP contribution in [-0.2, 0) is 6.54 Å². The molecule has 0 saturated carbocycles. The Morgan fingerprint density at radius 2 is 1.71 bits per heavy atom. The topological polar surface area (TPSA) is 72.1 Å². The molecule has 0 amide bonds. The van der Waals surface area contributed by atoms with E-state index < -0.39 is 6.10 Å². The Balaban J connectivity index is 1.38. The first-order valence-corrected chi connectivity index (χ1v) is 11.2. The van der Waals surface area contributed by atoms with Gasteiger partial charge >= 0.3 is 0 Å². The molecule has 34 heavy (non-hydrogen) atoms. The number of hydrogen-bond acceptors (Lipinski definition) is 6. The van der Waals surface area contributed by atoms with Crippen molar-refractivity contribution in [1.82, 2.24) is 4.90 Å². The van der Waals surface area contributed by atoms with Gasteiger partial charge in [-0.2, -0.15) is 0 Å². The highest BCUT2D eigenvalue weighted by atomic mass is 16.5. The zero-order valence-electron chi connectivity index (χ0n) is 19.7. The summed E-state index contributed by atoms with van der Waals surface area (Å²) in [5.41, 5.74) is 3.43. The number of fused-ring (bicyclic) bond motifs is 1. The van der Waals surface area contributed by atoms with Gasteiger partial charge in [0.15, 0.2) is 0 Å². The molecule has 1 atom stereocenters. The number of benzene rings is 3. The number of likely N-dealkylation sites (N-methyl/N-ethyl adjacent to an activating group) is 1. The molecule has 0 bridgehead atoms. The maximum atomic E-state index is 12.9. The van der Waals surface area contributed by atoms with E-state index in [1.807, 2.05) is 62.2 Å². The van der Waals surface area contributed by atoms with E-state index >= 15 is 0 Å². The molecule has 0 unspecified atom stereocenters. The van der Waals surface area contributed by atoms with Crippen molar-refractivity contribution in [2.75, 3.05) is 20.2 Å². The van der Waals surface area contributed by atoms with Crippen molar-refractivity contribution in [3.05, 3.63) is 99.9 Å². The van der Waals surface area contributed by atoms with Gasteiger partial charge in [0.2, 0.25) is 11.2 Å². The molecule has 0 radical (unpaired) electrons. The fourth-order valence-electron chi connectivity index (χ4n) is 3.93. The lowest BCUT2D eigenvalue weighted by molar-refractivity contribution is 0.0744. The van der Waals surface area contributed by atoms with E-state index in [1.54, 1.807) is 18.2 Å². The van der Waals surface area contributed by atoms with Crippen molar-refractivity contribution in [3.8, 4) is 17.2 Å². The van der Waals surface area contributed by atoms with E-state index in [0.29, 0.717) is 29.0 Å². The fourth-order valence-corrected chi connectivity index (χ4v) is 3.93. The molecule has 1 aromatic heterocycles. The van der Waals surface area contributed by atoms with Crippen LogP contribution < -0.4 is 14.9 Å². The first-order chi connectivity index (χ1) is 16.4. The van der Waals surface area contributed by atoms with Crippen molar-refractivity contribution in [1.29, 1.82) is 0 Å². The second-order valence-corrected chi connectivity index (χ2v) is 8.66. The summed E-state index contributed by atoms with van der Waals surface area (Å²) in [6.45, 7) is 5.29. The number of ether oxygens (including phenoxy) is 2. The van der Waals surface area contributed by atoms with Gasteiger partial charge in [-0.3, -0.25) is 9.69 Å². The largest absolute Gasteiger partial charge is 0.491 e. The Morgan fingerprint density at radius 1 is 0.971 bits per heavy atom. The van der Waals surface area contributed by atoms with Crippen molar-refractivity contribution >= 4 is 11.0 Å². The molecule has 176 valence electrons. The van der Waals surface area contributed by atoms with Crippen LogP contribution in [-0.4, -0.2) is 36.3 Å². The molecule has 0 aliphatic rings.